The third-order valence-corrected chi connectivity index (χ3v) is 4.74. The van der Waals surface area contributed by atoms with Crippen LogP contribution in [-0.2, 0) is 9.53 Å². The summed E-state index contributed by atoms with van der Waals surface area (Å²) >= 11 is 0. The first-order valence-corrected chi connectivity index (χ1v) is 7.60. The number of urea groups is 1. The number of likely N-dealkylation sites (N-methyl/N-ethyl adjacent to an activating group) is 1. The Balaban J connectivity index is 1.58. The molecule has 0 saturated carbocycles. The summed E-state index contributed by atoms with van der Waals surface area (Å²) in [6.45, 7) is 3.18. The highest BCUT2D eigenvalue weighted by Gasteiger charge is 2.43. The molecule has 0 radical (unpaired) electrons. The Bertz CT molecular complexity index is 395. The summed E-state index contributed by atoms with van der Waals surface area (Å²) in [4.78, 5) is 27.9. The average Bonchev–Trinajstić information content (AvgIpc) is 3.13. The van der Waals surface area contributed by atoms with Gasteiger partial charge in [-0.3, -0.25) is 4.79 Å². The minimum Gasteiger partial charge on any atom is -0.363 e. The van der Waals surface area contributed by atoms with Crippen LogP contribution in [0.1, 0.15) is 25.7 Å². The predicted molar refractivity (Wildman–Crippen MR) is 73.2 cm³/mol. The van der Waals surface area contributed by atoms with Crippen LogP contribution in [0.5, 0.6) is 0 Å². The molecule has 3 fully saturated rings. The van der Waals surface area contributed by atoms with Gasteiger partial charge in [-0.2, -0.15) is 0 Å². The molecule has 6 nitrogen and oxygen atoms in total. The first kappa shape index (κ1) is 13.7. The monoisotopic (exact) mass is 281 g/mol. The van der Waals surface area contributed by atoms with Gasteiger partial charge in [0, 0.05) is 33.2 Å². The van der Waals surface area contributed by atoms with Gasteiger partial charge in [-0.1, -0.05) is 0 Å². The zero-order valence-electron chi connectivity index (χ0n) is 12.0. The minimum atomic E-state index is -0.336. The maximum absolute atomic E-state index is 12.4. The number of piperidine rings is 1. The molecule has 0 aromatic carbocycles. The summed E-state index contributed by atoms with van der Waals surface area (Å²) < 4.78 is 5.84. The summed E-state index contributed by atoms with van der Waals surface area (Å²) in [7, 11) is 1.64. The van der Waals surface area contributed by atoms with Crippen LogP contribution in [0.4, 0.5) is 4.79 Å². The Labute approximate surface area is 119 Å². The molecule has 0 aromatic rings. The molecule has 3 aliphatic heterocycles. The fourth-order valence-electron chi connectivity index (χ4n) is 3.54. The van der Waals surface area contributed by atoms with Crippen LogP contribution >= 0.6 is 0 Å². The van der Waals surface area contributed by atoms with Crippen LogP contribution in [0.3, 0.4) is 0 Å². The summed E-state index contributed by atoms with van der Waals surface area (Å²) in [5.41, 5.74) is 0. The highest BCUT2D eigenvalue weighted by atomic mass is 16.5. The molecule has 112 valence electrons. The van der Waals surface area contributed by atoms with Crippen LogP contribution in [0.25, 0.3) is 0 Å². The lowest BCUT2D eigenvalue weighted by atomic mass is 9.92. The Morgan fingerprint density at radius 2 is 1.90 bits per heavy atom. The van der Waals surface area contributed by atoms with Crippen LogP contribution in [-0.4, -0.2) is 67.2 Å². The second-order valence-corrected chi connectivity index (χ2v) is 5.98. The fourth-order valence-corrected chi connectivity index (χ4v) is 3.54. The number of nitrogens with one attached hydrogen (secondary N) is 1. The number of nitrogens with zero attached hydrogens (tertiary/aromatic N) is 2. The molecule has 0 aromatic heterocycles. The SMILES string of the molecule is CNC(=O)[C@H]1C[C@@H]2CCN(C(=O)N3CCCC3)C[C@H]2O1. The fraction of sp³-hybridized carbons (Fsp3) is 0.857. The Morgan fingerprint density at radius 3 is 2.60 bits per heavy atom. The number of hydrogen-bond acceptors (Lipinski definition) is 3. The van der Waals surface area contributed by atoms with E-state index in [0.717, 1.165) is 45.3 Å². The molecule has 20 heavy (non-hydrogen) atoms. The zero-order chi connectivity index (χ0) is 14.1. The molecule has 3 heterocycles. The molecular formula is C14H23N3O3. The lowest BCUT2D eigenvalue weighted by molar-refractivity contribution is -0.132. The van der Waals surface area contributed by atoms with Crippen molar-refractivity contribution in [2.45, 2.75) is 37.9 Å². The zero-order valence-corrected chi connectivity index (χ0v) is 12.0. The largest absolute Gasteiger partial charge is 0.363 e. The lowest BCUT2D eigenvalue weighted by Crippen LogP contribution is -2.50. The number of carbonyl (C=O) groups is 2. The third-order valence-electron chi connectivity index (χ3n) is 4.74. The van der Waals surface area contributed by atoms with E-state index in [4.69, 9.17) is 4.74 Å². The van der Waals surface area contributed by atoms with E-state index < -0.39 is 0 Å². The van der Waals surface area contributed by atoms with E-state index in [0.29, 0.717) is 12.5 Å². The topological polar surface area (TPSA) is 61.9 Å². The van der Waals surface area contributed by atoms with Gasteiger partial charge in [0.25, 0.3) is 0 Å². The quantitative estimate of drug-likeness (QED) is 0.758. The highest BCUT2D eigenvalue weighted by molar-refractivity contribution is 5.80. The summed E-state index contributed by atoms with van der Waals surface area (Å²) in [5.74, 6) is 0.372. The van der Waals surface area contributed by atoms with Gasteiger partial charge in [0.1, 0.15) is 6.10 Å². The van der Waals surface area contributed by atoms with Crippen molar-refractivity contribution in [3.05, 3.63) is 0 Å². The molecule has 6 heteroatoms. The Morgan fingerprint density at radius 1 is 1.15 bits per heavy atom. The highest BCUT2D eigenvalue weighted by Crippen LogP contribution is 2.33. The number of likely N-dealkylation sites (tertiary alicyclic amines) is 2. The smallest absolute Gasteiger partial charge is 0.320 e. The van der Waals surface area contributed by atoms with Crippen molar-refractivity contribution in [3.63, 3.8) is 0 Å². The van der Waals surface area contributed by atoms with Gasteiger partial charge in [-0.15, -0.1) is 0 Å². The maximum atomic E-state index is 12.4. The lowest BCUT2D eigenvalue weighted by Gasteiger charge is -2.36. The van der Waals surface area contributed by atoms with E-state index in [1.807, 2.05) is 9.80 Å². The number of hydrogen-bond donors (Lipinski definition) is 1. The Kier molecular flexibility index (Phi) is 3.83. The van der Waals surface area contributed by atoms with Crippen molar-refractivity contribution < 1.29 is 14.3 Å². The van der Waals surface area contributed by atoms with Crippen molar-refractivity contribution in [1.82, 2.24) is 15.1 Å². The van der Waals surface area contributed by atoms with Crippen molar-refractivity contribution in [1.29, 1.82) is 0 Å². The molecule has 3 rings (SSSR count). The molecular weight excluding hydrogens is 258 g/mol. The van der Waals surface area contributed by atoms with E-state index in [2.05, 4.69) is 5.32 Å². The van der Waals surface area contributed by atoms with Gasteiger partial charge >= 0.3 is 6.03 Å². The molecule has 3 atom stereocenters. The van der Waals surface area contributed by atoms with Gasteiger partial charge in [-0.25, -0.2) is 4.79 Å². The summed E-state index contributed by atoms with van der Waals surface area (Å²) in [6, 6.07) is 0.146. The normalized spacial score (nSPS) is 33.1. The maximum Gasteiger partial charge on any atom is 0.320 e. The molecule has 3 amide bonds. The van der Waals surface area contributed by atoms with E-state index in [1.54, 1.807) is 7.05 Å². The van der Waals surface area contributed by atoms with Gasteiger partial charge in [0.2, 0.25) is 5.91 Å². The van der Waals surface area contributed by atoms with E-state index in [1.165, 1.54) is 0 Å². The molecule has 0 spiro atoms. The molecule has 1 N–H and O–H groups in total. The number of fused-ring (bicyclic) bond motifs is 1. The number of carbonyl (C=O) groups excluding carboxylic acids is 2. The van der Waals surface area contributed by atoms with Crippen molar-refractivity contribution >= 4 is 11.9 Å². The van der Waals surface area contributed by atoms with Gasteiger partial charge < -0.3 is 19.9 Å². The number of ether oxygens (including phenoxy) is 1. The predicted octanol–water partition coefficient (Wildman–Crippen LogP) is 0.428. The van der Waals surface area contributed by atoms with Crippen LogP contribution in [0.2, 0.25) is 0 Å². The average molecular weight is 281 g/mol. The molecule has 0 bridgehead atoms. The third kappa shape index (κ3) is 2.49. The minimum absolute atomic E-state index is 0.0256. The molecule has 3 aliphatic rings. The van der Waals surface area contributed by atoms with Crippen LogP contribution in [0, 0.1) is 5.92 Å². The Hall–Kier alpha value is -1.30. The van der Waals surface area contributed by atoms with Gasteiger partial charge in [0.15, 0.2) is 0 Å². The van der Waals surface area contributed by atoms with Gasteiger partial charge in [-0.05, 0) is 31.6 Å². The number of amides is 3. The van der Waals surface area contributed by atoms with Crippen molar-refractivity contribution in [2.24, 2.45) is 5.92 Å². The van der Waals surface area contributed by atoms with E-state index in [9.17, 15) is 9.59 Å². The number of rotatable bonds is 1. The molecule has 0 unspecified atom stereocenters. The van der Waals surface area contributed by atoms with Crippen molar-refractivity contribution in [2.75, 3.05) is 33.2 Å². The van der Waals surface area contributed by atoms with Gasteiger partial charge in [0.05, 0.1) is 6.10 Å². The second kappa shape index (κ2) is 5.60. The summed E-state index contributed by atoms with van der Waals surface area (Å²) in [5, 5.41) is 2.64. The first-order chi connectivity index (χ1) is 9.69. The summed E-state index contributed by atoms with van der Waals surface area (Å²) in [6.07, 6.45) is 3.64. The van der Waals surface area contributed by atoms with Crippen molar-refractivity contribution in [3.8, 4) is 0 Å². The van der Waals surface area contributed by atoms with E-state index in [-0.39, 0.29) is 24.1 Å². The van der Waals surface area contributed by atoms with E-state index >= 15 is 0 Å². The standard InChI is InChI=1S/C14H23N3O3/c1-15-13(18)11-8-10-4-7-17(9-12(10)20-11)14(19)16-5-2-3-6-16/h10-12H,2-9H2,1H3,(H,15,18)/t10-,11+,12+/m0/s1. The second-order valence-electron chi connectivity index (χ2n) is 5.98. The molecule has 0 aliphatic carbocycles. The van der Waals surface area contributed by atoms with Crippen LogP contribution < -0.4 is 5.32 Å². The first-order valence-electron chi connectivity index (χ1n) is 7.60. The van der Waals surface area contributed by atoms with Crippen LogP contribution in [0.15, 0.2) is 0 Å². The molecule has 3 saturated heterocycles.